The zero-order valence-electron chi connectivity index (χ0n) is 12.7. The number of nitrogens with zero attached hydrogens (tertiary/aromatic N) is 1. The molecule has 0 unspecified atom stereocenters. The second kappa shape index (κ2) is 7.45. The Morgan fingerprint density at radius 2 is 1.91 bits per heavy atom. The first kappa shape index (κ1) is 15.8. The number of carbonyl (C=O) groups excluding carboxylic acids is 2. The number of benzene rings is 1. The molecule has 0 saturated heterocycles. The molecule has 1 heterocycles. The fourth-order valence-electron chi connectivity index (χ4n) is 2.10. The van der Waals surface area contributed by atoms with E-state index in [0.29, 0.717) is 24.9 Å². The molecule has 0 radical (unpaired) electrons. The van der Waals surface area contributed by atoms with E-state index in [1.165, 1.54) is 7.11 Å². The Kier molecular flexibility index (Phi) is 5.36. The summed E-state index contributed by atoms with van der Waals surface area (Å²) < 4.78 is 9.86. The molecule has 0 bridgehead atoms. The van der Waals surface area contributed by atoms with Gasteiger partial charge in [-0.05, 0) is 29.8 Å². The van der Waals surface area contributed by atoms with Crippen molar-refractivity contribution in [2.45, 2.75) is 19.4 Å². The third-order valence-corrected chi connectivity index (χ3v) is 3.39. The van der Waals surface area contributed by atoms with Crippen LogP contribution in [-0.2, 0) is 22.5 Å². The van der Waals surface area contributed by atoms with E-state index in [2.05, 4.69) is 4.74 Å². The zero-order chi connectivity index (χ0) is 15.9. The fraction of sp³-hybridized carbons (Fsp3) is 0.294. The molecule has 0 spiro atoms. The minimum Gasteiger partial charge on any atom is -0.469 e. The quantitative estimate of drug-likeness (QED) is 0.770. The fourth-order valence-corrected chi connectivity index (χ4v) is 2.10. The van der Waals surface area contributed by atoms with Crippen LogP contribution in [0, 0.1) is 0 Å². The van der Waals surface area contributed by atoms with E-state index >= 15 is 0 Å². The van der Waals surface area contributed by atoms with Gasteiger partial charge >= 0.3 is 5.97 Å². The molecule has 0 aliphatic carbocycles. The van der Waals surface area contributed by atoms with Crippen molar-refractivity contribution < 1.29 is 18.7 Å². The molecule has 1 aromatic carbocycles. The summed E-state index contributed by atoms with van der Waals surface area (Å²) in [5.41, 5.74) is 1.46. The summed E-state index contributed by atoms with van der Waals surface area (Å²) in [6.45, 7) is 0.498. The Morgan fingerprint density at radius 3 is 2.50 bits per heavy atom. The van der Waals surface area contributed by atoms with Crippen molar-refractivity contribution in [3.63, 3.8) is 0 Å². The van der Waals surface area contributed by atoms with Crippen LogP contribution >= 0.6 is 0 Å². The monoisotopic (exact) mass is 301 g/mol. The van der Waals surface area contributed by atoms with Gasteiger partial charge in [-0.3, -0.25) is 4.79 Å². The van der Waals surface area contributed by atoms with Gasteiger partial charge in [-0.2, -0.15) is 0 Å². The number of hydrogen-bond acceptors (Lipinski definition) is 4. The number of hydrogen-bond donors (Lipinski definition) is 0. The van der Waals surface area contributed by atoms with E-state index < -0.39 is 0 Å². The maximum atomic E-state index is 12.1. The standard InChI is InChI=1S/C17H19NO4/c1-18(16(19)10-9-15-4-3-11-22-15)12-13-5-7-14(8-6-13)17(20)21-2/h3-8,11H,9-10,12H2,1-2H3. The van der Waals surface area contributed by atoms with Crippen LogP contribution in [0.4, 0.5) is 0 Å². The van der Waals surface area contributed by atoms with Crippen molar-refractivity contribution in [2.75, 3.05) is 14.2 Å². The Hall–Kier alpha value is -2.56. The lowest BCUT2D eigenvalue weighted by Gasteiger charge is -2.17. The van der Waals surface area contributed by atoms with Gasteiger partial charge < -0.3 is 14.1 Å². The van der Waals surface area contributed by atoms with E-state index in [9.17, 15) is 9.59 Å². The van der Waals surface area contributed by atoms with Crippen LogP contribution in [0.1, 0.15) is 28.1 Å². The number of carbonyl (C=O) groups is 2. The highest BCUT2D eigenvalue weighted by Gasteiger charge is 2.11. The SMILES string of the molecule is COC(=O)c1ccc(CN(C)C(=O)CCc2ccco2)cc1. The van der Waals surface area contributed by atoms with Gasteiger partial charge in [0.1, 0.15) is 5.76 Å². The Labute approximate surface area is 129 Å². The van der Waals surface area contributed by atoms with Crippen molar-refractivity contribution in [1.82, 2.24) is 4.90 Å². The summed E-state index contributed by atoms with van der Waals surface area (Å²) in [5.74, 6) is 0.493. The van der Waals surface area contributed by atoms with Gasteiger partial charge in [-0.15, -0.1) is 0 Å². The van der Waals surface area contributed by atoms with Crippen molar-refractivity contribution >= 4 is 11.9 Å². The van der Waals surface area contributed by atoms with Gasteiger partial charge in [0.15, 0.2) is 0 Å². The molecule has 2 rings (SSSR count). The molecule has 1 aromatic heterocycles. The molecule has 0 atom stereocenters. The Balaban J connectivity index is 1.86. The molecule has 22 heavy (non-hydrogen) atoms. The molecule has 5 heteroatoms. The van der Waals surface area contributed by atoms with E-state index in [0.717, 1.165) is 11.3 Å². The second-order valence-corrected chi connectivity index (χ2v) is 5.02. The average molecular weight is 301 g/mol. The van der Waals surface area contributed by atoms with Gasteiger partial charge in [0.05, 0.1) is 18.9 Å². The summed E-state index contributed by atoms with van der Waals surface area (Å²) in [6, 6.07) is 10.7. The van der Waals surface area contributed by atoms with Gasteiger partial charge in [-0.25, -0.2) is 4.79 Å². The number of rotatable bonds is 6. The van der Waals surface area contributed by atoms with Crippen LogP contribution in [0.2, 0.25) is 0 Å². The lowest BCUT2D eigenvalue weighted by Crippen LogP contribution is -2.26. The van der Waals surface area contributed by atoms with Gasteiger partial charge in [0.2, 0.25) is 5.91 Å². The summed E-state index contributed by atoms with van der Waals surface area (Å²) >= 11 is 0. The lowest BCUT2D eigenvalue weighted by molar-refractivity contribution is -0.130. The highest BCUT2D eigenvalue weighted by molar-refractivity contribution is 5.89. The van der Waals surface area contributed by atoms with Crippen molar-refractivity contribution in [3.8, 4) is 0 Å². The molecular weight excluding hydrogens is 282 g/mol. The van der Waals surface area contributed by atoms with Crippen molar-refractivity contribution in [2.24, 2.45) is 0 Å². The van der Waals surface area contributed by atoms with Crippen LogP contribution < -0.4 is 0 Å². The minimum atomic E-state index is -0.366. The predicted octanol–water partition coefficient (Wildman–Crippen LogP) is 2.66. The topological polar surface area (TPSA) is 59.8 Å². The van der Waals surface area contributed by atoms with E-state index in [1.807, 2.05) is 24.3 Å². The van der Waals surface area contributed by atoms with Crippen molar-refractivity contribution in [3.05, 3.63) is 59.5 Å². The Bertz CT molecular complexity index is 617. The summed E-state index contributed by atoms with van der Waals surface area (Å²) in [4.78, 5) is 25.1. The van der Waals surface area contributed by atoms with Crippen LogP contribution in [0.25, 0.3) is 0 Å². The first-order valence-electron chi connectivity index (χ1n) is 7.03. The number of aryl methyl sites for hydroxylation is 1. The third-order valence-electron chi connectivity index (χ3n) is 3.39. The zero-order valence-corrected chi connectivity index (χ0v) is 12.7. The van der Waals surface area contributed by atoms with Crippen molar-refractivity contribution in [1.29, 1.82) is 0 Å². The predicted molar refractivity (Wildman–Crippen MR) is 81.3 cm³/mol. The van der Waals surface area contributed by atoms with Gasteiger partial charge in [0, 0.05) is 26.4 Å². The number of amides is 1. The largest absolute Gasteiger partial charge is 0.469 e. The first-order valence-corrected chi connectivity index (χ1v) is 7.03. The molecule has 0 saturated carbocycles. The first-order chi connectivity index (χ1) is 10.6. The molecule has 0 aliphatic rings. The summed E-state index contributed by atoms with van der Waals surface area (Å²) in [6.07, 6.45) is 2.61. The molecule has 2 aromatic rings. The highest BCUT2D eigenvalue weighted by atomic mass is 16.5. The van der Waals surface area contributed by atoms with Gasteiger partial charge in [-0.1, -0.05) is 12.1 Å². The summed E-state index contributed by atoms with van der Waals surface area (Å²) in [7, 11) is 3.11. The normalized spacial score (nSPS) is 10.3. The molecule has 1 amide bonds. The van der Waals surface area contributed by atoms with Crippen LogP contribution in [0.15, 0.2) is 47.1 Å². The maximum absolute atomic E-state index is 12.1. The van der Waals surface area contributed by atoms with E-state index in [1.54, 1.807) is 30.3 Å². The van der Waals surface area contributed by atoms with E-state index in [4.69, 9.17) is 4.42 Å². The number of esters is 1. The third kappa shape index (κ3) is 4.22. The number of methoxy groups -OCH3 is 1. The molecule has 0 N–H and O–H groups in total. The van der Waals surface area contributed by atoms with Crippen LogP contribution in [-0.4, -0.2) is 30.9 Å². The smallest absolute Gasteiger partial charge is 0.337 e. The maximum Gasteiger partial charge on any atom is 0.337 e. The average Bonchev–Trinajstić information content (AvgIpc) is 3.06. The lowest BCUT2D eigenvalue weighted by atomic mass is 10.1. The second-order valence-electron chi connectivity index (χ2n) is 5.02. The number of furan rings is 1. The van der Waals surface area contributed by atoms with Crippen LogP contribution in [0.5, 0.6) is 0 Å². The van der Waals surface area contributed by atoms with Crippen LogP contribution in [0.3, 0.4) is 0 Å². The minimum absolute atomic E-state index is 0.0495. The van der Waals surface area contributed by atoms with E-state index in [-0.39, 0.29) is 11.9 Å². The Morgan fingerprint density at radius 1 is 1.18 bits per heavy atom. The highest BCUT2D eigenvalue weighted by Crippen LogP contribution is 2.10. The van der Waals surface area contributed by atoms with Gasteiger partial charge in [0.25, 0.3) is 0 Å². The molecule has 0 aliphatic heterocycles. The molecular formula is C17H19NO4. The molecule has 116 valence electrons. The molecule has 0 fully saturated rings. The summed E-state index contributed by atoms with van der Waals surface area (Å²) in [5, 5.41) is 0. The molecule has 5 nitrogen and oxygen atoms in total. The number of ether oxygens (including phenoxy) is 1.